The SMILES string of the molecule is Cc1ccc(N([S+](C)C)C(C)(C)C)cc1.[Cl-]. The number of hydrogen-bond acceptors (Lipinski definition) is 1. The van der Waals surface area contributed by atoms with Crippen molar-refractivity contribution in [1.29, 1.82) is 0 Å². The number of anilines is 1. The second-order valence-corrected chi connectivity index (χ2v) is 6.99. The average Bonchev–Trinajstić information content (AvgIpc) is 2.05. The van der Waals surface area contributed by atoms with E-state index in [0.717, 1.165) is 0 Å². The van der Waals surface area contributed by atoms with E-state index in [2.05, 4.69) is 68.8 Å². The molecule has 0 atom stereocenters. The molecule has 0 aromatic heterocycles. The standard InChI is InChI=1S/C13H22NS.ClH/c1-11-7-9-12(10-8-11)14(15(5)6)13(2,3)4;/h7-10H,1-6H3;1H/q+1;/p-1. The maximum absolute atomic E-state index is 2.48. The van der Waals surface area contributed by atoms with Crippen LogP contribution in [0.3, 0.4) is 0 Å². The number of hydrogen-bond donors (Lipinski definition) is 0. The van der Waals surface area contributed by atoms with Crippen molar-refractivity contribution < 1.29 is 12.4 Å². The normalized spacial score (nSPS) is 11.2. The van der Waals surface area contributed by atoms with E-state index < -0.39 is 0 Å². The molecule has 1 nitrogen and oxygen atoms in total. The molecule has 0 radical (unpaired) electrons. The molecule has 0 spiro atoms. The van der Waals surface area contributed by atoms with E-state index in [1.54, 1.807) is 0 Å². The summed E-state index contributed by atoms with van der Waals surface area (Å²) in [6.07, 6.45) is 4.54. The number of rotatable bonds is 2. The lowest BCUT2D eigenvalue weighted by atomic mass is 10.1. The predicted molar refractivity (Wildman–Crippen MR) is 72.6 cm³/mol. The predicted octanol–water partition coefficient (Wildman–Crippen LogP) is 0.397. The smallest absolute Gasteiger partial charge is 0.122 e. The van der Waals surface area contributed by atoms with Crippen molar-refractivity contribution in [3.8, 4) is 0 Å². The van der Waals surface area contributed by atoms with Gasteiger partial charge in [-0.25, -0.2) is 0 Å². The molecular weight excluding hydrogens is 238 g/mol. The molecule has 0 unspecified atom stereocenters. The summed E-state index contributed by atoms with van der Waals surface area (Å²) in [5, 5.41) is 0. The van der Waals surface area contributed by atoms with Gasteiger partial charge in [0.25, 0.3) is 0 Å². The summed E-state index contributed by atoms with van der Waals surface area (Å²) in [6, 6.07) is 8.79. The molecule has 92 valence electrons. The lowest BCUT2D eigenvalue weighted by Crippen LogP contribution is -3.00. The van der Waals surface area contributed by atoms with Crippen molar-refractivity contribution in [1.82, 2.24) is 0 Å². The molecule has 0 saturated carbocycles. The Morgan fingerprint density at radius 1 is 1.00 bits per heavy atom. The largest absolute Gasteiger partial charge is 1.00 e. The molecule has 0 aliphatic rings. The van der Waals surface area contributed by atoms with Crippen LogP contribution in [0.25, 0.3) is 0 Å². The molecule has 0 saturated heterocycles. The summed E-state index contributed by atoms with van der Waals surface area (Å²) in [6.45, 7) is 8.92. The molecule has 0 heterocycles. The highest BCUT2D eigenvalue weighted by Crippen LogP contribution is 2.26. The van der Waals surface area contributed by atoms with Crippen LogP contribution in [0.15, 0.2) is 24.3 Å². The van der Waals surface area contributed by atoms with Crippen LogP contribution in [-0.4, -0.2) is 18.1 Å². The fraction of sp³-hybridized carbons (Fsp3) is 0.538. The van der Waals surface area contributed by atoms with Crippen LogP contribution < -0.4 is 16.7 Å². The summed E-state index contributed by atoms with van der Waals surface area (Å²) < 4.78 is 2.48. The topological polar surface area (TPSA) is 3.24 Å². The Balaban J connectivity index is 0.00000225. The fourth-order valence-corrected chi connectivity index (χ4v) is 3.46. The highest BCUT2D eigenvalue weighted by atomic mass is 35.5. The molecule has 0 bridgehead atoms. The molecule has 0 aliphatic carbocycles. The number of halogens is 1. The molecular formula is C13H22ClNS. The van der Waals surface area contributed by atoms with Crippen LogP contribution in [0, 0.1) is 6.92 Å². The molecule has 0 aliphatic heterocycles. The van der Waals surface area contributed by atoms with E-state index in [9.17, 15) is 0 Å². The maximum Gasteiger partial charge on any atom is 0.122 e. The zero-order valence-corrected chi connectivity index (χ0v) is 12.6. The monoisotopic (exact) mass is 259 g/mol. The highest BCUT2D eigenvalue weighted by Gasteiger charge is 2.31. The van der Waals surface area contributed by atoms with Gasteiger partial charge < -0.3 is 12.4 Å². The molecule has 1 aromatic rings. The zero-order valence-electron chi connectivity index (χ0n) is 11.0. The second-order valence-electron chi connectivity index (χ2n) is 5.07. The van der Waals surface area contributed by atoms with Gasteiger partial charge in [0.1, 0.15) is 12.5 Å². The Kier molecular flexibility index (Phi) is 5.71. The first-order chi connectivity index (χ1) is 6.82. The molecule has 0 fully saturated rings. The van der Waals surface area contributed by atoms with E-state index in [1.807, 2.05) is 0 Å². The van der Waals surface area contributed by atoms with Gasteiger partial charge in [-0.2, -0.15) is 4.31 Å². The Labute approximate surface area is 109 Å². The van der Waals surface area contributed by atoms with Gasteiger partial charge in [-0.3, -0.25) is 0 Å². The molecule has 1 rings (SSSR count). The molecule has 1 aromatic carbocycles. The van der Waals surface area contributed by atoms with E-state index in [0.29, 0.717) is 0 Å². The minimum atomic E-state index is 0. The Hall–Kier alpha value is -0.340. The third kappa shape index (κ3) is 3.91. The van der Waals surface area contributed by atoms with Crippen molar-refractivity contribution in [2.75, 3.05) is 16.8 Å². The zero-order chi connectivity index (χ0) is 11.6. The van der Waals surface area contributed by atoms with Crippen LogP contribution >= 0.6 is 0 Å². The van der Waals surface area contributed by atoms with Crippen LogP contribution in [0.1, 0.15) is 26.3 Å². The summed E-state index contributed by atoms with van der Waals surface area (Å²) in [7, 11) is 0. The average molecular weight is 260 g/mol. The van der Waals surface area contributed by atoms with E-state index >= 15 is 0 Å². The van der Waals surface area contributed by atoms with Gasteiger partial charge in [0.05, 0.1) is 22.3 Å². The molecule has 16 heavy (non-hydrogen) atoms. The Bertz CT molecular complexity index is 314. The summed E-state index contributed by atoms with van der Waals surface area (Å²) in [5.41, 5.74) is 2.82. The quantitative estimate of drug-likeness (QED) is 0.695. The van der Waals surface area contributed by atoms with Crippen molar-refractivity contribution >= 4 is 16.8 Å². The lowest BCUT2D eigenvalue weighted by Gasteiger charge is -2.32. The molecule has 0 N–H and O–H groups in total. The fourth-order valence-electron chi connectivity index (χ4n) is 1.83. The first kappa shape index (κ1) is 15.7. The van der Waals surface area contributed by atoms with Crippen LogP contribution in [0.4, 0.5) is 5.69 Å². The first-order valence-electron chi connectivity index (χ1n) is 5.27. The third-order valence-corrected chi connectivity index (χ3v) is 3.73. The van der Waals surface area contributed by atoms with E-state index in [4.69, 9.17) is 0 Å². The van der Waals surface area contributed by atoms with Gasteiger partial charge in [-0.1, -0.05) is 17.7 Å². The summed E-state index contributed by atoms with van der Waals surface area (Å²) in [4.78, 5) is 0. The third-order valence-electron chi connectivity index (χ3n) is 2.24. The van der Waals surface area contributed by atoms with Crippen LogP contribution in [-0.2, 0) is 11.1 Å². The maximum atomic E-state index is 2.48. The van der Waals surface area contributed by atoms with Gasteiger partial charge >= 0.3 is 0 Å². The first-order valence-corrected chi connectivity index (χ1v) is 7.27. The van der Waals surface area contributed by atoms with Crippen molar-refractivity contribution in [3.63, 3.8) is 0 Å². The minimum Gasteiger partial charge on any atom is -1.00 e. The van der Waals surface area contributed by atoms with Gasteiger partial charge in [0, 0.05) is 0 Å². The molecule has 0 amide bonds. The summed E-state index contributed by atoms with van der Waals surface area (Å²) in [5.74, 6) is 0. The Morgan fingerprint density at radius 2 is 1.44 bits per heavy atom. The van der Waals surface area contributed by atoms with Crippen molar-refractivity contribution in [2.24, 2.45) is 0 Å². The number of aryl methyl sites for hydroxylation is 1. The summed E-state index contributed by atoms with van der Waals surface area (Å²) >= 11 is 0.253. The van der Waals surface area contributed by atoms with E-state index in [1.165, 1.54) is 11.3 Å². The van der Waals surface area contributed by atoms with Gasteiger partial charge in [0.2, 0.25) is 0 Å². The number of benzene rings is 1. The van der Waals surface area contributed by atoms with E-state index in [-0.39, 0.29) is 29.0 Å². The highest BCUT2D eigenvalue weighted by molar-refractivity contribution is 7.96. The van der Waals surface area contributed by atoms with Gasteiger partial charge in [-0.05, 0) is 39.8 Å². The van der Waals surface area contributed by atoms with Crippen molar-refractivity contribution in [3.05, 3.63) is 29.8 Å². The molecule has 3 heteroatoms. The van der Waals surface area contributed by atoms with Crippen LogP contribution in [0.5, 0.6) is 0 Å². The van der Waals surface area contributed by atoms with Gasteiger partial charge in [0.15, 0.2) is 0 Å². The minimum absolute atomic E-state index is 0. The van der Waals surface area contributed by atoms with Crippen molar-refractivity contribution in [2.45, 2.75) is 33.2 Å². The van der Waals surface area contributed by atoms with Gasteiger partial charge in [-0.15, -0.1) is 0 Å². The second kappa shape index (κ2) is 5.83. The lowest BCUT2D eigenvalue weighted by molar-refractivity contribution is -0.00000392. The number of nitrogens with zero attached hydrogens (tertiary/aromatic N) is 1. The van der Waals surface area contributed by atoms with Crippen LogP contribution in [0.2, 0.25) is 0 Å². The Morgan fingerprint density at radius 3 is 1.75 bits per heavy atom.